The first-order valence-electron chi connectivity index (χ1n) is 11.3. The van der Waals surface area contributed by atoms with E-state index < -0.39 is 0 Å². The average Bonchev–Trinajstić information content (AvgIpc) is 3.25. The van der Waals surface area contributed by atoms with Gasteiger partial charge in [-0.05, 0) is 63.2 Å². The first-order chi connectivity index (χ1) is 14.6. The van der Waals surface area contributed by atoms with E-state index in [1.807, 2.05) is 23.2 Å². The molecule has 0 radical (unpaired) electrons. The Morgan fingerprint density at radius 3 is 2.63 bits per heavy atom. The van der Waals surface area contributed by atoms with E-state index in [9.17, 15) is 4.79 Å². The van der Waals surface area contributed by atoms with E-state index in [0.29, 0.717) is 24.1 Å². The van der Waals surface area contributed by atoms with Crippen molar-refractivity contribution in [2.24, 2.45) is 5.92 Å². The van der Waals surface area contributed by atoms with Gasteiger partial charge in [0.15, 0.2) is 0 Å². The molecular weight excluding hydrogens is 378 g/mol. The molecule has 0 bridgehead atoms. The number of carbonyl (C=O) groups is 1. The molecule has 2 fully saturated rings. The second-order valence-corrected chi connectivity index (χ2v) is 9.05. The Morgan fingerprint density at radius 1 is 1.10 bits per heavy atom. The zero-order chi connectivity index (χ0) is 20.9. The molecule has 0 aromatic carbocycles. The molecule has 0 saturated carbocycles. The summed E-state index contributed by atoms with van der Waals surface area (Å²) >= 11 is 0. The largest absolute Gasteiger partial charge is 0.423 e. The summed E-state index contributed by atoms with van der Waals surface area (Å²) < 4.78 is 6.15. The lowest BCUT2D eigenvalue weighted by molar-refractivity contribution is -0.136. The van der Waals surface area contributed by atoms with Crippen molar-refractivity contribution in [2.75, 3.05) is 19.6 Å². The van der Waals surface area contributed by atoms with Gasteiger partial charge < -0.3 is 9.32 Å². The molecule has 2 aliphatic rings. The van der Waals surface area contributed by atoms with Crippen LogP contribution in [0.5, 0.6) is 0 Å². The van der Waals surface area contributed by atoms with Crippen molar-refractivity contribution in [3.8, 4) is 0 Å². The Hall–Kier alpha value is -2.28. The van der Waals surface area contributed by atoms with Crippen LogP contribution in [0.25, 0.3) is 0 Å². The highest BCUT2D eigenvalue weighted by molar-refractivity contribution is 5.76. The van der Waals surface area contributed by atoms with Crippen molar-refractivity contribution >= 4 is 5.91 Å². The summed E-state index contributed by atoms with van der Waals surface area (Å²) in [5, 5.41) is 8.77. The van der Waals surface area contributed by atoms with Gasteiger partial charge in [0.1, 0.15) is 6.04 Å². The number of nitrogens with zero attached hydrogens (tertiary/aromatic N) is 5. The molecule has 7 heteroatoms. The number of piperidine rings is 2. The first-order valence-corrected chi connectivity index (χ1v) is 11.3. The number of hydrogen-bond acceptors (Lipinski definition) is 6. The van der Waals surface area contributed by atoms with Crippen LogP contribution in [0.1, 0.15) is 81.8 Å². The molecule has 2 aromatic rings. The van der Waals surface area contributed by atoms with E-state index in [1.165, 1.54) is 0 Å². The second-order valence-electron chi connectivity index (χ2n) is 9.05. The van der Waals surface area contributed by atoms with Gasteiger partial charge >= 0.3 is 0 Å². The number of pyridine rings is 1. The molecular formula is C23H33N5O2. The highest BCUT2D eigenvalue weighted by Gasteiger charge is 2.33. The zero-order valence-corrected chi connectivity index (χ0v) is 18.2. The average molecular weight is 412 g/mol. The molecule has 162 valence electrons. The van der Waals surface area contributed by atoms with Crippen LogP contribution < -0.4 is 0 Å². The third-order valence-corrected chi connectivity index (χ3v) is 6.20. The van der Waals surface area contributed by atoms with Gasteiger partial charge in [0.2, 0.25) is 17.7 Å². The van der Waals surface area contributed by atoms with E-state index in [-0.39, 0.29) is 11.9 Å². The van der Waals surface area contributed by atoms with E-state index in [1.54, 1.807) is 0 Å². The first kappa shape index (κ1) is 21.0. The van der Waals surface area contributed by atoms with E-state index in [2.05, 4.69) is 40.0 Å². The molecule has 2 aliphatic heterocycles. The van der Waals surface area contributed by atoms with Crippen LogP contribution in [0.3, 0.4) is 0 Å². The zero-order valence-electron chi connectivity index (χ0n) is 18.2. The minimum Gasteiger partial charge on any atom is -0.423 e. The summed E-state index contributed by atoms with van der Waals surface area (Å²) in [6.07, 6.45) is 7.50. The summed E-state index contributed by atoms with van der Waals surface area (Å²) in [6, 6.07) is 6.00. The summed E-state index contributed by atoms with van der Waals surface area (Å²) in [5.74, 6) is 2.23. The fourth-order valence-electron chi connectivity index (χ4n) is 4.56. The van der Waals surface area contributed by atoms with E-state index >= 15 is 0 Å². The number of amides is 1. The Balaban J connectivity index is 1.36. The fraction of sp³-hybridized carbons (Fsp3) is 0.652. The quantitative estimate of drug-likeness (QED) is 0.717. The van der Waals surface area contributed by atoms with Gasteiger partial charge in [-0.25, -0.2) is 0 Å². The van der Waals surface area contributed by atoms with Crippen LogP contribution in [-0.4, -0.2) is 50.5 Å². The van der Waals surface area contributed by atoms with Gasteiger partial charge in [-0.3, -0.25) is 14.7 Å². The minimum absolute atomic E-state index is 0.0597. The van der Waals surface area contributed by atoms with Crippen molar-refractivity contribution in [3.05, 3.63) is 41.9 Å². The van der Waals surface area contributed by atoms with Crippen LogP contribution >= 0.6 is 0 Å². The van der Waals surface area contributed by atoms with Crippen molar-refractivity contribution < 1.29 is 9.21 Å². The Kier molecular flexibility index (Phi) is 6.77. The highest BCUT2D eigenvalue weighted by atomic mass is 16.4. The second kappa shape index (κ2) is 9.69. The molecule has 0 aliphatic carbocycles. The van der Waals surface area contributed by atoms with Crippen molar-refractivity contribution in [1.29, 1.82) is 0 Å². The minimum atomic E-state index is -0.0597. The van der Waals surface area contributed by atoms with E-state index in [4.69, 9.17) is 4.42 Å². The van der Waals surface area contributed by atoms with Crippen LogP contribution in [-0.2, 0) is 11.3 Å². The fourth-order valence-corrected chi connectivity index (χ4v) is 4.56. The molecule has 0 N–H and O–H groups in total. The standard InChI is InChI=1S/C23H33N5O2/c1-17(2)15-21(29)28-12-6-4-8-20(28)23-26-25-22(30-23)18-9-13-27(14-10-18)16-19-7-3-5-11-24-19/h3,5,7,11,17-18,20H,4,6,8-10,12-16H2,1-2H3/t20-/m1/s1. The van der Waals surface area contributed by atoms with Gasteiger partial charge in [0.05, 0.1) is 5.69 Å². The predicted molar refractivity (Wildman–Crippen MR) is 114 cm³/mol. The van der Waals surface area contributed by atoms with Crippen LogP contribution in [0.2, 0.25) is 0 Å². The smallest absolute Gasteiger partial charge is 0.238 e. The van der Waals surface area contributed by atoms with Gasteiger partial charge in [0.25, 0.3) is 0 Å². The predicted octanol–water partition coefficient (Wildman–Crippen LogP) is 3.94. The molecule has 2 saturated heterocycles. The lowest BCUT2D eigenvalue weighted by Gasteiger charge is -2.34. The van der Waals surface area contributed by atoms with E-state index in [0.717, 1.165) is 69.9 Å². The maximum absolute atomic E-state index is 12.7. The Morgan fingerprint density at radius 2 is 1.90 bits per heavy atom. The molecule has 7 nitrogen and oxygen atoms in total. The SMILES string of the molecule is CC(C)CC(=O)N1CCCC[C@@H]1c1nnc(C2CCN(Cc3ccccn3)CC2)o1. The normalized spacial score (nSPS) is 21.3. The van der Waals surface area contributed by atoms with Gasteiger partial charge in [0, 0.05) is 31.6 Å². The number of likely N-dealkylation sites (tertiary alicyclic amines) is 2. The molecule has 0 spiro atoms. The van der Waals surface area contributed by atoms with Gasteiger partial charge in [-0.1, -0.05) is 19.9 Å². The monoisotopic (exact) mass is 411 g/mol. The molecule has 4 rings (SSSR count). The van der Waals surface area contributed by atoms with Crippen LogP contribution in [0, 0.1) is 5.92 Å². The summed E-state index contributed by atoms with van der Waals surface area (Å²) in [7, 11) is 0. The number of hydrogen-bond donors (Lipinski definition) is 0. The molecule has 2 aromatic heterocycles. The van der Waals surface area contributed by atoms with Crippen LogP contribution in [0.15, 0.2) is 28.8 Å². The van der Waals surface area contributed by atoms with Crippen molar-refractivity contribution in [2.45, 2.75) is 70.9 Å². The van der Waals surface area contributed by atoms with Crippen molar-refractivity contribution in [1.82, 2.24) is 25.0 Å². The number of rotatable bonds is 6. The van der Waals surface area contributed by atoms with Crippen LogP contribution in [0.4, 0.5) is 0 Å². The maximum Gasteiger partial charge on any atom is 0.238 e. The molecule has 4 heterocycles. The topological polar surface area (TPSA) is 75.4 Å². The van der Waals surface area contributed by atoms with Gasteiger partial charge in [-0.15, -0.1) is 10.2 Å². The molecule has 0 unspecified atom stereocenters. The lowest BCUT2D eigenvalue weighted by Crippen LogP contribution is -2.39. The highest BCUT2D eigenvalue weighted by Crippen LogP contribution is 2.34. The lowest BCUT2D eigenvalue weighted by atomic mass is 9.96. The Bertz CT molecular complexity index is 814. The third kappa shape index (κ3) is 5.06. The number of carbonyl (C=O) groups excluding carboxylic acids is 1. The maximum atomic E-state index is 12.7. The summed E-state index contributed by atoms with van der Waals surface area (Å²) in [6.45, 7) is 7.85. The number of aromatic nitrogens is 3. The third-order valence-electron chi connectivity index (χ3n) is 6.20. The summed E-state index contributed by atoms with van der Waals surface area (Å²) in [5.41, 5.74) is 1.11. The van der Waals surface area contributed by atoms with Crippen molar-refractivity contribution in [3.63, 3.8) is 0 Å². The molecule has 1 amide bonds. The molecule has 1 atom stereocenters. The van der Waals surface area contributed by atoms with Gasteiger partial charge in [-0.2, -0.15) is 0 Å². The summed E-state index contributed by atoms with van der Waals surface area (Å²) in [4.78, 5) is 21.5. The molecule has 30 heavy (non-hydrogen) atoms. The Labute approximate surface area is 178 Å².